The number of hydrogen-bond acceptors (Lipinski definition) is 2. The van der Waals surface area contributed by atoms with Gasteiger partial charge in [-0.2, -0.15) is 0 Å². The Morgan fingerprint density at radius 2 is 1.95 bits per heavy atom. The second kappa shape index (κ2) is 4.36. The molecule has 0 amide bonds. The molecule has 0 radical (unpaired) electrons. The van der Waals surface area contributed by atoms with Gasteiger partial charge in [-0.05, 0) is 36.2 Å². The first-order chi connectivity index (χ1) is 9.04. The fourth-order valence-electron chi connectivity index (χ4n) is 3.83. The van der Waals surface area contributed by atoms with Gasteiger partial charge in [0.25, 0.3) is 0 Å². The largest absolute Gasteiger partial charge is 0.391 e. The summed E-state index contributed by atoms with van der Waals surface area (Å²) in [6, 6.07) is 10.2. The highest BCUT2D eigenvalue weighted by Gasteiger charge is 2.60. The second-order valence-electron chi connectivity index (χ2n) is 6.79. The van der Waals surface area contributed by atoms with Gasteiger partial charge in [0.05, 0.1) is 5.71 Å². The van der Waals surface area contributed by atoms with Crippen LogP contribution in [-0.2, 0) is 11.4 Å². The fourth-order valence-corrected chi connectivity index (χ4v) is 3.83. The molecule has 1 aromatic rings. The van der Waals surface area contributed by atoms with Crippen LogP contribution in [0, 0.1) is 16.7 Å². The van der Waals surface area contributed by atoms with Crippen molar-refractivity contribution in [3.8, 4) is 0 Å². The molecule has 2 nitrogen and oxygen atoms in total. The number of nitrogens with zero attached hydrogens (tertiary/aromatic N) is 1. The van der Waals surface area contributed by atoms with E-state index in [9.17, 15) is 0 Å². The Bertz CT molecular complexity index is 491. The van der Waals surface area contributed by atoms with Gasteiger partial charge in [0.2, 0.25) is 0 Å². The van der Waals surface area contributed by atoms with Crippen molar-refractivity contribution in [2.24, 2.45) is 21.9 Å². The predicted octanol–water partition coefficient (Wildman–Crippen LogP) is 4.41. The van der Waals surface area contributed by atoms with E-state index in [2.05, 4.69) is 38.1 Å². The lowest BCUT2D eigenvalue weighted by Gasteiger charge is -2.34. The highest BCUT2D eigenvalue weighted by Crippen LogP contribution is 2.63. The Balaban J connectivity index is 1.69. The van der Waals surface area contributed by atoms with Crippen molar-refractivity contribution in [3.05, 3.63) is 35.9 Å². The molecule has 0 aromatic heterocycles. The first-order valence-corrected chi connectivity index (χ1v) is 7.27. The summed E-state index contributed by atoms with van der Waals surface area (Å²) >= 11 is 0. The Hall–Kier alpha value is -1.31. The van der Waals surface area contributed by atoms with Crippen molar-refractivity contribution in [2.45, 2.75) is 46.6 Å². The van der Waals surface area contributed by atoms with Crippen molar-refractivity contribution in [1.29, 1.82) is 0 Å². The third-order valence-electron chi connectivity index (χ3n) is 5.76. The van der Waals surface area contributed by atoms with E-state index in [0.29, 0.717) is 12.0 Å². The van der Waals surface area contributed by atoms with Crippen LogP contribution in [0.15, 0.2) is 35.5 Å². The molecule has 0 aliphatic heterocycles. The third kappa shape index (κ3) is 1.89. The van der Waals surface area contributed by atoms with Gasteiger partial charge in [0, 0.05) is 5.41 Å². The van der Waals surface area contributed by atoms with E-state index >= 15 is 0 Å². The Morgan fingerprint density at radius 3 is 2.53 bits per heavy atom. The van der Waals surface area contributed by atoms with Crippen LogP contribution in [0.3, 0.4) is 0 Å². The molecule has 19 heavy (non-hydrogen) atoms. The van der Waals surface area contributed by atoms with Gasteiger partial charge in [-0.25, -0.2) is 0 Å². The quantitative estimate of drug-likeness (QED) is 0.735. The summed E-state index contributed by atoms with van der Waals surface area (Å²) < 4.78 is 0. The van der Waals surface area contributed by atoms with Crippen LogP contribution in [0.5, 0.6) is 0 Å². The van der Waals surface area contributed by atoms with E-state index in [4.69, 9.17) is 4.84 Å². The fraction of sp³-hybridized carbons (Fsp3) is 0.588. The minimum atomic E-state index is 0.244. The SMILES string of the molecule is CC12CCC(CC1=NOCc1ccccc1)C2(C)C. The molecule has 3 rings (SSSR count). The van der Waals surface area contributed by atoms with E-state index in [-0.39, 0.29) is 5.41 Å². The topological polar surface area (TPSA) is 21.6 Å². The third-order valence-corrected chi connectivity index (χ3v) is 5.76. The summed E-state index contributed by atoms with van der Waals surface area (Å²) in [5, 5.41) is 4.49. The molecule has 2 fully saturated rings. The molecule has 0 heterocycles. The van der Waals surface area contributed by atoms with E-state index < -0.39 is 0 Å². The van der Waals surface area contributed by atoms with Crippen LogP contribution in [0.2, 0.25) is 0 Å². The predicted molar refractivity (Wildman–Crippen MR) is 77.9 cm³/mol. The number of oxime groups is 1. The monoisotopic (exact) mass is 257 g/mol. The molecule has 2 bridgehead atoms. The molecule has 2 unspecified atom stereocenters. The van der Waals surface area contributed by atoms with Crippen molar-refractivity contribution in [1.82, 2.24) is 0 Å². The molecule has 0 saturated heterocycles. The van der Waals surface area contributed by atoms with Crippen molar-refractivity contribution in [3.63, 3.8) is 0 Å². The maximum Gasteiger partial charge on any atom is 0.142 e. The zero-order chi connectivity index (χ0) is 13.5. The van der Waals surface area contributed by atoms with E-state index in [0.717, 1.165) is 12.3 Å². The highest BCUT2D eigenvalue weighted by atomic mass is 16.6. The van der Waals surface area contributed by atoms with Gasteiger partial charge < -0.3 is 4.84 Å². The molecule has 2 saturated carbocycles. The maximum atomic E-state index is 5.60. The lowest BCUT2D eigenvalue weighted by molar-refractivity contribution is 0.123. The summed E-state index contributed by atoms with van der Waals surface area (Å²) in [5.74, 6) is 0.788. The van der Waals surface area contributed by atoms with Crippen LogP contribution < -0.4 is 0 Å². The molecule has 0 spiro atoms. The number of fused-ring (bicyclic) bond motifs is 2. The van der Waals surface area contributed by atoms with Gasteiger partial charge in [-0.15, -0.1) is 0 Å². The zero-order valence-electron chi connectivity index (χ0n) is 12.1. The van der Waals surface area contributed by atoms with Gasteiger partial charge >= 0.3 is 0 Å². The van der Waals surface area contributed by atoms with Crippen molar-refractivity contribution >= 4 is 5.71 Å². The normalized spacial score (nSPS) is 33.8. The van der Waals surface area contributed by atoms with Crippen LogP contribution in [0.1, 0.15) is 45.6 Å². The van der Waals surface area contributed by atoms with Crippen LogP contribution in [-0.4, -0.2) is 5.71 Å². The van der Waals surface area contributed by atoms with E-state index in [1.807, 2.05) is 18.2 Å². The lowest BCUT2D eigenvalue weighted by Crippen LogP contribution is -2.32. The van der Waals surface area contributed by atoms with Gasteiger partial charge in [-0.3, -0.25) is 0 Å². The smallest absolute Gasteiger partial charge is 0.142 e. The number of hydrogen-bond donors (Lipinski definition) is 0. The van der Waals surface area contributed by atoms with Crippen LogP contribution in [0.25, 0.3) is 0 Å². The summed E-state index contributed by atoms with van der Waals surface area (Å²) in [6.45, 7) is 7.73. The maximum absolute atomic E-state index is 5.60. The Labute approximate surface area is 115 Å². The molecule has 2 aliphatic carbocycles. The second-order valence-corrected chi connectivity index (χ2v) is 6.79. The van der Waals surface area contributed by atoms with Crippen LogP contribution in [0.4, 0.5) is 0 Å². The van der Waals surface area contributed by atoms with Gasteiger partial charge in [-0.1, -0.05) is 56.3 Å². The molecule has 2 atom stereocenters. The molecule has 2 heteroatoms. The van der Waals surface area contributed by atoms with Gasteiger partial charge in [0.1, 0.15) is 6.61 Å². The zero-order valence-corrected chi connectivity index (χ0v) is 12.1. The molecule has 2 aliphatic rings. The first-order valence-electron chi connectivity index (χ1n) is 7.27. The highest BCUT2D eigenvalue weighted by molar-refractivity contribution is 5.93. The molecule has 0 N–H and O–H groups in total. The lowest BCUT2D eigenvalue weighted by atomic mass is 9.70. The summed E-state index contributed by atoms with van der Waals surface area (Å²) in [6.07, 6.45) is 3.73. The summed E-state index contributed by atoms with van der Waals surface area (Å²) in [5.41, 5.74) is 3.08. The van der Waals surface area contributed by atoms with E-state index in [1.165, 1.54) is 24.1 Å². The minimum Gasteiger partial charge on any atom is -0.391 e. The molecule has 1 aromatic carbocycles. The number of rotatable bonds is 3. The Morgan fingerprint density at radius 1 is 1.21 bits per heavy atom. The Kier molecular flexibility index (Phi) is 2.92. The average Bonchev–Trinajstić information content (AvgIpc) is 2.73. The first kappa shape index (κ1) is 12.7. The van der Waals surface area contributed by atoms with Gasteiger partial charge in [0.15, 0.2) is 0 Å². The van der Waals surface area contributed by atoms with Crippen molar-refractivity contribution in [2.75, 3.05) is 0 Å². The molecule has 102 valence electrons. The average molecular weight is 257 g/mol. The minimum absolute atomic E-state index is 0.244. The number of benzene rings is 1. The standard InChI is InChI=1S/C17H23NO/c1-16(2)14-9-10-17(16,3)15(11-14)18-19-12-13-7-5-4-6-8-13/h4-8,14H,9-12H2,1-3H3. The van der Waals surface area contributed by atoms with E-state index in [1.54, 1.807) is 0 Å². The van der Waals surface area contributed by atoms with Crippen molar-refractivity contribution < 1.29 is 4.84 Å². The molecular weight excluding hydrogens is 234 g/mol. The summed E-state index contributed by atoms with van der Waals surface area (Å²) in [7, 11) is 0. The summed E-state index contributed by atoms with van der Waals surface area (Å²) in [4.78, 5) is 5.60. The van der Waals surface area contributed by atoms with Crippen LogP contribution >= 0.6 is 0 Å². The molecular formula is C17H23NO.